The molecular formula is C14H17N5O. The Morgan fingerprint density at radius 3 is 2.95 bits per heavy atom. The molecule has 0 bridgehead atoms. The lowest BCUT2D eigenvalue weighted by Gasteiger charge is -2.17. The van der Waals surface area contributed by atoms with E-state index in [4.69, 9.17) is 5.73 Å². The third kappa shape index (κ3) is 2.36. The molecule has 0 spiro atoms. The van der Waals surface area contributed by atoms with Gasteiger partial charge in [-0.3, -0.25) is 9.78 Å². The molecule has 1 fully saturated rings. The van der Waals surface area contributed by atoms with Crippen LogP contribution in [-0.2, 0) is 4.79 Å². The van der Waals surface area contributed by atoms with Crippen molar-refractivity contribution < 1.29 is 4.79 Å². The third-order valence-electron chi connectivity index (χ3n) is 3.52. The molecule has 0 aromatic carbocycles. The fourth-order valence-electron chi connectivity index (χ4n) is 2.12. The monoisotopic (exact) mass is 271 g/mol. The Labute approximate surface area is 117 Å². The minimum Gasteiger partial charge on any atom is -0.398 e. The minimum atomic E-state index is -0.326. The van der Waals surface area contributed by atoms with Crippen molar-refractivity contribution in [2.75, 3.05) is 5.73 Å². The van der Waals surface area contributed by atoms with E-state index in [1.807, 2.05) is 11.5 Å². The smallest absolute Gasteiger partial charge is 0.243 e. The first kappa shape index (κ1) is 12.7. The summed E-state index contributed by atoms with van der Waals surface area (Å²) in [6, 6.07) is 1.76. The molecule has 1 unspecified atom stereocenters. The number of nitrogen functional groups attached to an aromatic ring is 1. The highest BCUT2D eigenvalue weighted by Crippen LogP contribution is 2.27. The van der Waals surface area contributed by atoms with E-state index in [0.29, 0.717) is 11.7 Å². The Hall–Kier alpha value is -2.37. The largest absolute Gasteiger partial charge is 0.398 e. The first-order valence-electron chi connectivity index (χ1n) is 6.69. The van der Waals surface area contributed by atoms with Crippen LogP contribution >= 0.6 is 0 Å². The number of nitrogens with zero attached hydrogens (tertiary/aromatic N) is 3. The van der Waals surface area contributed by atoms with Crippen molar-refractivity contribution in [2.45, 2.75) is 31.8 Å². The van der Waals surface area contributed by atoms with Crippen LogP contribution in [0.25, 0.3) is 11.3 Å². The van der Waals surface area contributed by atoms with E-state index < -0.39 is 0 Å². The lowest BCUT2D eigenvalue weighted by molar-refractivity contribution is -0.124. The van der Waals surface area contributed by atoms with E-state index >= 15 is 0 Å². The molecule has 6 nitrogen and oxygen atoms in total. The average molecular weight is 271 g/mol. The van der Waals surface area contributed by atoms with Crippen LogP contribution in [0.3, 0.4) is 0 Å². The van der Waals surface area contributed by atoms with Crippen molar-refractivity contribution in [3.05, 3.63) is 31.0 Å². The van der Waals surface area contributed by atoms with Crippen LogP contribution < -0.4 is 11.1 Å². The number of nitrogens with one attached hydrogen (secondary N) is 1. The van der Waals surface area contributed by atoms with Gasteiger partial charge in [-0.05, 0) is 25.8 Å². The van der Waals surface area contributed by atoms with Gasteiger partial charge in [-0.25, -0.2) is 4.98 Å². The number of amides is 1. The van der Waals surface area contributed by atoms with E-state index in [2.05, 4.69) is 15.3 Å². The van der Waals surface area contributed by atoms with Crippen LogP contribution in [0.4, 0.5) is 5.69 Å². The molecule has 1 aliphatic carbocycles. The van der Waals surface area contributed by atoms with E-state index in [-0.39, 0.29) is 11.9 Å². The van der Waals surface area contributed by atoms with Gasteiger partial charge in [-0.2, -0.15) is 0 Å². The fraction of sp³-hybridized carbons (Fsp3) is 0.357. The van der Waals surface area contributed by atoms with Gasteiger partial charge in [-0.15, -0.1) is 0 Å². The summed E-state index contributed by atoms with van der Waals surface area (Å²) >= 11 is 0. The van der Waals surface area contributed by atoms with Crippen molar-refractivity contribution in [3.8, 4) is 11.3 Å². The molecule has 104 valence electrons. The topological polar surface area (TPSA) is 85.8 Å². The Morgan fingerprint density at radius 2 is 2.25 bits per heavy atom. The van der Waals surface area contributed by atoms with Gasteiger partial charge in [0.15, 0.2) is 0 Å². The first-order valence-corrected chi connectivity index (χ1v) is 6.69. The maximum absolute atomic E-state index is 12.2. The van der Waals surface area contributed by atoms with Crippen molar-refractivity contribution in [1.82, 2.24) is 19.9 Å². The predicted molar refractivity (Wildman–Crippen MR) is 75.7 cm³/mol. The molecule has 0 aliphatic heterocycles. The van der Waals surface area contributed by atoms with Crippen LogP contribution in [0.1, 0.15) is 25.8 Å². The molecule has 0 saturated heterocycles. The van der Waals surface area contributed by atoms with Crippen LogP contribution in [0, 0.1) is 0 Å². The summed E-state index contributed by atoms with van der Waals surface area (Å²) in [5.74, 6) is 0.00853. The Morgan fingerprint density at radius 1 is 1.45 bits per heavy atom. The summed E-state index contributed by atoms with van der Waals surface area (Å²) in [6.45, 7) is 1.86. The number of anilines is 1. The molecule has 1 aliphatic rings. The molecule has 1 saturated carbocycles. The summed E-state index contributed by atoms with van der Waals surface area (Å²) in [7, 11) is 0. The van der Waals surface area contributed by atoms with Crippen LogP contribution in [0.5, 0.6) is 0 Å². The standard InChI is InChI=1S/C14H17N5O/c1-9(14(20)18-10-2-3-10)19-8-17-7-13(19)11-6-16-5-4-12(11)15/h4-10H,2-3H2,1H3,(H2,15,16)(H,18,20). The molecule has 2 aromatic rings. The number of hydrogen-bond donors (Lipinski definition) is 2. The number of nitrogens with two attached hydrogens (primary N) is 1. The van der Waals surface area contributed by atoms with Crippen LogP contribution in [0.15, 0.2) is 31.0 Å². The van der Waals surface area contributed by atoms with Crippen LogP contribution in [-0.4, -0.2) is 26.5 Å². The molecule has 2 heterocycles. The number of carbonyl (C=O) groups is 1. The highest BCUT2D eigenvalue weighted by molar-refractivity contribution is 5.82. The maximum Gasteiger partial charge on any atom is 0.243 e. The van der Waals surface area contributed by atoms with Gasteiger partial charge in [0.2, 0.25) is 5.91 Å². The summed E-state index contributed by atoms with van der Waals surface area (Å²) in [6.07, 6.45) is 8.83. The van der Waals surface area contributed by atoms with Crippen molar-refractivity contribution >= 4 is 11.6 Å². The normalized spacial score (nSPS) is 15.8. The zero-order chi connectivity index (χ0) is 14.1. The SMILES string of the molecule is CC(C(=O)NC1CC1)n1cncc1-c1cnccc1N. The molecular weight excluding hydrogens is 254 g/mol. The van der Waals surface area contributed by atoms with Gasteiger partial charge in [-0.1, -0.05) is 0 Å². The molecule has 6 heteroatoms. The van der Waals surface area contributed by atoms with E-state index in [1.54, 1.807) is 31.0 Å². The zero-order valence-electron chi connectivity index (χ0n) is 11.3. The highest BCUT2D eigenvalue weighted by atomic mass is 16.2. The second-order valence-electron chi connectivity index (χ2n) is 5.11. The predicted octanol–water partition coefficient (Wildman–Crippen LogP) is 1.37. The van der Waals surface area contributed by atoms with E-state index in [9.17, 15) is 4.79 Å². The van der Waals surface area contributed by atoms with Gasteiger partial charge in [0.25, 0.3) is 0 Å². The molecule has 20 heavy (non-hydrogen) atoms. The van der Waals surface area contributed by atoms with E-state index in [0.717, 1.165) is 24.1 Å². The maximum atomic E-state index is 12.2. The van der Waals surface area contributed by atoms with E-state index in [1.165, 1.54) is 0 Å². The lowest BCUT2D eigenvalue weighted by Crippen LogP contribution is -2.32. The van der Waals surface area contributed by atoms with Gasteiger partial charge >= 0.3 is 0 Å². The Balaban J connectivity index is 1.89. The Kier molecular flexibility index (Phi) is 3.14. The Bertz CT molecular complexity index is 632. The number of hydrogen-bond acceptors (Lipinski definition) is 4. The number of pyridine rings is 1. The van der Waals surface area contributed by atoms with Gasteiger partial charge < -0.3 is 15.6 Å². The van der Waals surface area contributed by atoms with Gasteiger partial charge in [0, 0.05) is 29.7 Å². The highest BCUT2D eigenvalue weighted by Gasteiger charge is 2.27. The van der Waals surface area contributed by atoms with Crippen molar-refractivity contribution in [1.29, 1.82) is 0 Å². The summed E-state index contributed by atoms with van der Waals surface area (Å²) in [4.78, 5) is 20.4. The number of carbonyl (C=O) groups excluding carboxylic acids is 1. The van der Waals surface area contributed by atoms with Crippen molar-refractivity contribution in [2.24, 2.45) is 0 Å². The lowest BCUT2D eigenvalue weighted by atomic mass is 10.1. The number of aromatic nitrogens is 3. The number of rotatable bonds is 4. The fourth-order valence-corrected chi connectivity index (χ4v) is 2.12. The number of imidazole rings is 1. The summed E-state index contributed by atoms with van der Waals surface area (Å²) < 4.78 is 1.82. The van der Waals surface area contributed by atoms with Crippen LogP contribution in [0.2, 0.25) is 0 Å². The van der Waals surface area contributed by atoms with Crippen molar-refractivity contribution in [3.63, 3.8) is 0 Å². The molecule has 1 atom stereocenters. The average Bonchev–Trinajstić information content (AvgIpc) is 3.12. The summed E-state index contributed by atoms with van der Waals surface area (Å²) in [5.41, 5.74) is 8.18. The van der Waals surface area contributed by atoms with Gasteiger partial charge in [0.05, 0.1) is 18.2 Å². The molecule has 0 radical (unpaired) electrons. The second kappa shape index (κ2) is 4.96. The minimum absolute atomic E-state index is 0.00853. The molecule has 1 amide bonds. The second-order valence-corrected chi connectivity index (χ2v) is 5.11. The summed E-state index contributed by atoms with van der Waals surface area (Å²) in [5, 5.41) is 3.00. The molecule has 2 aromatic heterocycles. The first-order chi connectivity index (χ1) is 9.66. The van der Waals surface area contributed by atoms with Gasteiger partial charge in [0.1, 0.15) is 6.04 Å². The quantitative estimate of drug-likeness (QED) is 0.879. The zero-order valence-corrected chi connectivity index (χ0v) is 11.3. The third-order valence-corrected chi connectivity index (χ3v) is 3.52. The molecule has 3 N–H and O–H groups in total. The molecule has 3 rings (SSSR count).